The Morgan fingerprint density at radius 2 is 1.29 bits per heavy atom. The SMILES string of the molecule is C=C(C)C(=O)OCCCOc1ccc(/C(C#CC#N)=C(\C#CC#N)c2ccc(OC)c(OC)c2)cc1OC. The van der Waals surface area contributed by atoms with E-state index in [1.165, 1.54) is 21.3 Å². The molecule has 0 spiro atoms. The fraction of sp³-hybridized carbons (Fsp3) is 0.233. The van der Waals surface area contributed by atoms with Crippen molar-refractivity contribution in [3.05, 3.63) is 59.7 Å². The number of esters is 1. The molecule has 0 saturated heterocycles. The highest BCUT2D eigenvalue weighted by Gasteiger charge is 2.15. The van der Waals surface area contributed by atoms with Gasteiger partial charge in [-0.05, 0) is 66.3 Å². The third kappa shape index (κ3) is 7.85. The Labute approximate surface area is 222 Å². The molecule has 8 nitrogen and oxygen atoms in total. The Morgan fingerprint density at radius 3 is 1.76 bits per heavy atom. The van der Waals surface area contributed by atoms with Crippen molar-refractivity contribution in [1.29, 1.82) is 10.5 Å². The van der Waals surface area contributed by atoms with Crippen LogP contribution in [0.2, 0.25) is 0 Å². The third-order valence-corrected chi connectivity index (χ3v) is 4.99. The van der Waals surface area contributed by atoms with Crippen molar-refractivity contribution >= 4 is 17.1 Å². The standard InChI is InChI=1S/C30H26N2O6/c1-21(2)30(33)38-18-8-17-37-27-14-12-23(20-29(27)36-5)25(10-7-16-32)24(9-6-15-31)22-11-13-26(34-3)28(19-22)35-4/h11-14,19-20H,1,8,17-18H2,2-5H3/b25-24+. The largest absolute Gasteiger partial charge is 0.493 e. The highest BCUT2D eigenvalue weighted by atomic mass is 16.5. The van der Waals surface area contributed by atoms with Gasteiger partial charge >= 0.3 is 5.97 Å². The van der Waals surface area contributed by atoms with Crippen LogP contribution in [0.5, 0.6) is 23.0 Å². The predicted octanol–water partition coefficient (Wildman–Crippen LogP) is 4.57. The molecule has 0 heterocycles. The van der Waals surface area contributed by atoms with Gasteiger partial charge in [-0.1, -0.05) is 6.58 Å². The van der Waals surface area contributed by atoms with E-state index < -0.39 is 5.97 Å². The van der Waals surface area contributed by atoms with Gasteiger partial charge in [-0.15, -0.1) is 0 Å². The van der Waals surface area contributed by atoms with Crippen molar-refractivity contribution in [2.75, 3.05) is 34.5 Å². The van der Waals surface area contributed by atoms with Crippen LogP contribution < -0.4 is 18.9 Å². The van der Waals surface area contributed by atoms with E-state index in [9.17, 15) is 4.79 Å². The second kappa shape index (κ2) is 14.9. The predicted molar refractivity (Wildman–Crippen MR) is 142 cm³/mol. The van der Waals surface area contributed by atoms with Gasteiger partial charge in [0.05, 0.1) is 34.5 Å². The van der Waals surface area contributed by atoms with Crippen LogP contribution in [0.1, 0.15) is 24.5 Å². The summed E-state index contributed by atoms with van der Waals surface area (Å²) in [4.78, 5) is 11.5. The van der Waals surface area contributed by atoms with E-state index in [1.54, 1.807) is 43.3 Å². The van der Waals surface area contributed by atoms with E-state index in [1.807, 2.05) is 12.1 Å². The summed E-state index contributed by atoms with van der Waals surface area (Å²) in [6.07, 6.45) is 0.468. The number of carbonyl (C=O) groups is 1. The van der Waals surface area contributed by atoms with Crippen LogP contribution in [0, 0.1) is 46.3 Å². The quantitative estimate of drug-likeness (QED) is 0.142. The van der Waals surface area contributed by atoms with Gasteiger partial charge in [0.1, 0.15) is 0 Å². The first-order chi connectivity index (χ1) is 18.4. The molecule has 0 aromatic heterocycles. The van der Waals surface area contributed by atoms with E-state index >= 15 is 0 Å². The van der Waals surface area contributed by atoms with E-state index in [0.29, 0.717) is 57.3 Å². The Morgan fingerprint density at radius 1 is 0.789 bits per heavy atom. The molecule has 0 amide bonds. The number of ether oxygens (including phenoxy) is 5. The second-order valence-electron chi connectivity index (χ2n) is 7.53. The molecule has 2 rings (SSSR count). The minimum Gasteiger partial charge on any atom is -0.493 e. The molecule has 0 unspecified atom stereocenters. The Balaban J connectivity index is 2.50. The molecule has 0 aliphatic rings. The van der Waals surface area contributed by atoms with Crippen LogP contribution >= 0.6 is 0 Å². The molecular formula is C30H26N2O6. The summed E-state index contributed by atoms with van der Waals surface area (Å²) in [5, 5.41) is 18.3. The summed E-state index contributed by atoms with van der Waals surface area (Å²) in [5.74, 6) is 11.9. The first-order valence-electron chi connectivity index (χ1n) is 11.3. The summed E-state index contributed by atoms with van der Waals surface area (Å²) in [7, 11) is 4.53. The van der Waals surface area contributed by atoms with Crippen molar-refractivity contribution in [2.45, 2.75) is 13.3 Å². The lowest BCUT2D eigenvalue weighted by atomic mass is 9.94. The molecule has 0 atom stereocenters. The molecule has 0 N–H and O–H groups in total. The van der Waals surface area contributed by atoms with Crippen molar-refractivity contribution in [3.63, 3.8) is 0 Å². The van der Waals surface area contributed by atoms with E-state index in [0.717, 1.165) is 0 Å². The van der Waals surface area contributed by atoms with Gasteiger partial charge in [-0.2, -0.15) is 10.5 Å². The summed E-state index contributed by atoms with van der Waals surface area (Å²) in [6, 6.07) is 14.0. The molecule has 0 saturated carbocycles. The second-order valence-corrected chi connectivity index (χ2v) is 7.53. The molecule has 38 heavy (non-hydrogen) atoms. The van der Waals surface area contributed by atoms with Crippen LogP contribution in [-0.2, 0) is 9.53 Å². The number of benzene rings is 2. The summed E-state index contributed by atoms with van der Waals surface area (Å²) >= 11 is 0. The number of carbonyl (C=O) groups excluding carboxylic acids is 1. The molecule has 192 valence electrons. The Kier molecular flexibility index (Phi) is 11.4. The molecule has 0 aliphatic heterocycles. The number of nitriles is 2. The summed E-state index contributed by atoms with van der Waals surface area (Å²) in [6.45, 7) is 5.59. The van der Waals surface area contributed by atoms with Crippen molar-refractivity contribution in [2.24, 2.45) is 0 Å². The monoisotopic (exact) mass is 510 g/mol. The maximum Gasteiger partial charge on any atom is 0.333 e. The maximum atomic E-state index is 11.5. The number of allylic oxidation sites excluding steroid dienone is 2. The zero-order valence-electron chi connectivity index (χ0n) is 21.6. The smallest absolute Gasteiger partial charge is 0.333 e. The van der Waals surface area contributed by atoms with E-state index in [4.69, 9.17) is 34.2 Å². The average Bonchev–Trinajstić information content (AvgIpc) is 2.94. The number of nitrogens with zero attached hydrogens (tertiary/aromatic N) is 2. The summed E-state index contributed by atoms with van der Waals surface area (Å²) in [5.41, 5.74) is 2.34. The van der Waals surface area contributed by atoms with E-state index in [2.05, 4.69) is 30.3 Å². The van der Waals surface area contributed by atoms with Crippen LogP contribution in [0.4, 0.5) is 0 Å². The van der Waals surface area contributed by atoms with Gasteiger partial charge in [0.15, 0.2) is 35.1 Å². The van der Waals surface area contributed by atoms with Gasteiger partial charge in [0, 0.05) is 35.0 Å². The summed E-state index contributed by atoms with van der Waals surface area (Å²) < 4.78 is 27.1. The molecule has 0 radical (unpaired) electrons. The maximum absolute atomic E-state index is 11.5. The van der Waals surface area contributed by atoms with Crippen LogP contribution in [-0.4, -0.2) is 40.5 Å². The van der Waals surface area contributed by atoms with Gasteiger partial charge in [-0.25, -0.2) is 4.79 Å². The first-order valence-corrected chi connectivity index (χ1v) is 11.3. The highest BCUT2D eigenvalue weighted by molar-refractivity contribution is 6.05. The fourth-order valence-corrected chi connectivity index (χ4v) is 3.20. The number of methoxy groups -OCH3 is 3. The number of rotatable bonds is 11. The first kappa shape index (κ1) is 28.9. The molecule has 2 aromatic carbocycles. The minimum atomic E-state index is -0.450. The molecule has 0 bridgehead atoms. The van der Waals surface area contributed by atoms with Gasteiger partial charge < -0.3 is 23.7 Å². The average molecular weight is 511 g/mol. The molecular weight excluding hydrogens is 484 g/mol. The topological polar surface area (TPSA) is 111 Å². The van der Waals surface area contributed by atoms with Crippen molar-refractivity contribution < 1.29 is 28.5 Å². The van der Waals surface area contributed by atoms with Crippen LogP contribution in [0.3, 0.4) is 0 Å². The molecule has 2 aromatic rings. The lowest BCUT2D eigenvalue weighted by Crippen LogP contribution is -2.09. The number of hydrogen-bond donors (Lipinski definition) is 0. The fourth-order valence-electron chi connectivity index (χ4n) is 3.20. The zero-order valence-corrected chi connectivity index (χ0v) is 21.6. The third-order valence-electron chi connectivity index (χ3n) is 4.99. The van der Waals surface area contributed by atoms with Crippen LogP contribution in [0.15, 0.2) is 48.6 Å². The van der Waals surface area contributed by atoms with Gasteiger partial charge in [0.25, 0.3) is 0 Å². The van der Waals surface area contributed by atoms with Gasteiger partial charge in [-0.3, -0.25) is 0 Å². The Bertz CT molecular complexity index is 1440. The molecule has 0 aliphatic carbocycles. The number of hydrogen-bond acceptors (Lipinski definition) is 8. The van der Waals surface area contributed by atoms with Gasteiger partial charge in [0.2, 0.25) is 0 Å². The van der Waals surface area contributed by atoms with E-state index in [-0.39, 0.29) is 13.2 Å². The normalized spacial score (nSPS) is 10.1. The van der Waals surface area contributed by atoms with Crippen molar-refractivity contribution in [3.8, 4) is 58.8 Å². The zero-order chi connectivity index (χ0) is 27.9. The molecule has 8 heteroatoms. The lowest BCUT2D eigenvalue weighted by Gasteiger charge is -2.14. The lowest BCUT2D eigenvalue weighted by molar-refractivity contribution is -0.139. The molecule has 0 fully saturated rings. The Hall–Kier alpha value is -5.31. The van der Waals surface area contributed by atoms with Crippen molar-refractivity contribution in [1.82, 2.24) is 0 Å². The minimum absolute atomic E-state index is 0.189. The van der Waals surface area contributed by atoms with Crippen LogP contribution in [0.25, 0.3) is 11.1 Å². The highest BCUT2D eigenvalue weighted by Crippen LogP contribution is 2.36.